The van der Waals surface area contributed by atoms with Gasteiger partial charge in [-0.3, -0.25) is 9.59 Å². The molecule has 4 aliphatic rings. The van der Waals surface area contributed by atoms with Gasteiger partial charge >= 0.3 is 0 Å². The van der Waals surface area contributed by atoms with Crippen LogP contribution in [0.5, 0.6) is 0 Å². The van der Waals surface area contributed by atoms with E-state index in [9.17, 15) is 9.59 Å². The Morgan fingerprint density at radius 3 is 2.43 bits per heavy atom. The van der Waals surface area contributed by atoms with Gasteiger partial charge < -0.3 is 15.6 Å². The molecule has 28 heavy (non-hydrogen) atoms. The Labute approximate surface area is 164 Å². The number of benzene rings is 1. The highest BCUT2D eigenvalue weighted by Gasteiger charge is 2.54. The van der Waals surface area contributed by atoms with Crippen LogP contribution in [0.2, 0.25) is 0 Å². The maximum atomic E-state index is 13.0. The first-order valence-corrected chi connectivity index (χ1v) is 10.5. The molecular weight excluding hydrogens is 352 g/mol. The summed E-state index contributed by atoms with van der Waals surface area (Å²) in [6.45, 7) is 1.93. The van der Waals surface area contributed by atoms with Crippen molar-refractivity contribution in [2.75, 3.05) is 6.54 Å². The Balaban J connectivity index is 1.18. The van der Waals surface area contributed by atoms with Crippen LogP contribution in [0, 0.1) is 23.2 Å². The summed E-state index contributed by atoms with van der Waals surface area (Å²) < 4.78 is 0. The number of hydrogen-bond acceptors (Lipinski definition) is 3. The average Bonchev–Trinajstić information content (AvgIpc) is 3.09. The molecule has 4 fully saturated rings. The zero-order valence-corrected chi connectivity index (χ0v) is 16.3. The van der Waals surface area contributed by atoms with Gasteiger partial charge in [0, 0.05) is 5.41 Å². The largest absolute Gasteiger partial charge is 0.347 e. The molecular formula is C22H28N4O2. The second-order valence-corrected chi connectivity index (χ2v) is 9.31. The molecule has 0 aliphatic heterocycles. The number of nitrogens with one attached hydrogen (secondary N) is 3. The van der Waals surface area contributed by atoms with E-state index in [1.54, 1.807) is 0 Å². The lowest BCUT2D eigenvalue weighted by molar-refractivity contribution is -0.147. The molecule has 1 aromatic heterocycles. The standard InChI is InChI=1S/C22H28N4O2/c1-13(20-25-17-4-2-3-5-18(17)26-20)24-19(27)12-23-21(28)22-9-14-6-15(10-22)8-16(7-14)11-22/h2-5,13-16H,6-12H2,1H3,(H,23,28)(H,24,27)(H,25,26). The zero-order valence-electron chi connectivity index (χ0n) is 16.3. The van der Waals surface area contributed by atoms with Crippen molar-refractivity contribution in [2.45, 2.75) is 51.5 Å². The Kier molecular flexibility index (Phi) is 4.18. The van der Waals surface area contributed by atoms with Gasteiger partial charge in [0.05, 0.1) is 23.6 Å². The van der Waals surface area contributed by atoms with Crippen molar-refractivity contribution >= 4 is 22.8 Å². The lowest BCUT2D eigenvalue weighted by atomic mass is 9.49. The molecule has 1 aromatic carbocycles. The van der Waals surface area contributed by atoms with Gasteiger partial charge in [-0.25, -0.2) is 4.98 Å². The average molecular weight is 380 g/mol. The van der Waals surface area contributed by atoms with Crippen molar-refractivity contribution in [3.63, 3.8) is 0 Å². The van der Waals surface area contributed by atoms with Gasteiger partial charge in [0.15, 0.2) is 0 Å². The number of carbonyl (C=O) groups excluding carboxylic acids is 2. The number of nitrogens with zero attached hydrogens (tertiary/aromatic N) is 1. The molecule has 4 bridgehead atoms. The van der Waals surface area contributed by atoms with Gasteiger partial charge in [-0.2, -0.15) is 0 Å². The molecule has 6 nitrogen and oxygen atoms in total. The molecule has 0 spiro atoms. The minimum Gasteiger partial charge on any atom is -0.347 e. The Hall–Kier alpha value is -2.37. The smallest absolute Gasteiger partial charge is 0.239 e. The van der Waals surface area contributed by atoms with Gasteiger partial charge in [0.25, 0.3) is 0 Å². The molecule has 0 saturated heterocycles. The summed E-state index contributed by atoms with van der Waals surface area (Å²) in [5, 5.41) is 5.88. The number of hydrogen-bond donors (Lipinski definition) is 3. The number of aromatic nitrogens is 2. The lowest BCUT2D eigenvalue weighted by Gasteiger charge is -2.55. The first-order valence-electron chi connectivity index (χ1n) is 10.5. The van der Waals surface area contributed by atoms with E-state index in [2.05, 4.69) is 20.6 Å². The third kappa shape index (κ3) is 3.09. The Morgan fingerprint density at radius 2 is 1.79 bits per heavy atom. The van der Waals surface area contributed by atoms with Crippen LogP contribution in [0.25, 0.3) is 11.0 Å². The molecule has 4 aliphatic carbocycles. The maximum Gasteiger partial charge on any atom is 0.239 e. The molecule has 1 atom stereocenters. The van der Waals surface area contributed by atoms with Crippen LogP contribution in [0.4, 0.5) is 0 Å². The van der Waals surface area contributed by atoms with E-state index in [0.717, 1.165) is 53.9 Å². The normalized spacial score (nSPS) is 31.7. The van der Waals surface area contributed by atoms with Gasteiger partial charge in [0.2, 0.25) is 11.8 Å². The van der Waals surface area contributed by atoms with E-state index >= 15 is 0 Å². The van der Waals surface area contributed by atoms with E-state index < -0.39 is 0 Å². The highest BCUT2D eigenvalue weighted by atomic mass is 16.2. The summed E-state index contributed by atoms with van der Waals surface area (Å²) in [4.78, 5) is 33.1. The molecule has 148 valence electrons. The third-order valence-electron chi connectivity index (χ3n) is 7.12. The predicted molar refractivity (Wildman–Crippen MR) is 106 cm³/mol. The highest BCUT2D eigenvalue weighted by molar-refractivity contribution is 5.88. The fourth-order valence-electron chi connectivity index (χ4n) is 6.28. The van der Waals surface area contributed by atoms with Crippen LogP contribution in [0.15, 0.2) is 24.3 Å². The molecule has 1 unspecified atom stereocenters. The van der Waals surface area contributed by atoms with Crippen LogP contribution in [0.1, 0.15) is 57.3 Å². The number of aromatic amines is 1. The first-order chi connectivity index (χ1) is 13.5. The fourth-order valence-corrected chi connectivity index (χ4v) is 6.28. The van der Waals surface area contributed by atoms with Crippen molar-refractivity contribution in [3.05, 3.63) is 30.1 Å². The summed E-state index contributed by atoms with van der Waals surface area (Å²) >= 11 is 0. The van der Waals surface area contributed by atoms with Crippen LogP contribution >= 0.6 is 0 Å². The van der Waals surface area contributed by atoms with Gasteiger partial charge in [-0.15, -0.1) is 0 Å². The second kappa shape index (κ2) is 6.61. The van der Waals surface area contributed by atoms with Crippen LogP contribution in [-0.2, 0) is 9.59 Å². The number of amides is 2. The molecule has 3 N–H and O–H groups in total. The minimum atomic E-state index is -0.239. The third-order valence-corrected chi connectivity index (χ3v) is 7.12. The maximum absolute atomic E-state index is 13.0. The minimum absolute atomic E-state index is 0.0329. The van der Waals surface area contributed by atoms with E-state index in [1.807, 2.05) is 31.2 Å². The quantitative estimate of drug-likeness (QED) is 0.745. The van der Waals surface area contributed by atoms with E-state index in [0.29, 0.717) is 0 Å². The molecule has 4 saturated carbocycles. The zero-order chi connectivity index (χ0) is 19.3. The van der Waals surface area contributed by atoms with Crippen molar-refractivity contribution in [1.29, 1.82) is 0 Å². The molecule has 6 heteroatoms. The summed E-state index contributed by atoms with van der Waals surface area (Å²) in [6, 6.07) is 7.56. The van der Waals surface area contributed by atoms with Crippen molar-refractivity contribution in [2.24, 2.45) is 23.2 Å². The summed E-state index contributed by atoms with van der Waals surface area (Å²) in [7, 11) is 0. The number of fused-ring (bicyclic) bond motifs is 1. The predicted octanol–water partition coefficient (Wildman–Crippen LogP) is 3.07. The molecule has 2 aromatic rings. The molecule has 6 rings (SSSR count). The van der Waals surface area contributed by atoms with Crippen molar-refractivity contribution in [3.8, 4) is 0 Å². The Morgan fingerprint density at radius 1 is 1.14 bits per heavy atom. The number of para-hydroxylation sites is 2. The number of rotatable bonds is 5. The second-order valence-electron chi connectivity index (χ2n) is 9.31. The number of H-pyrrole nitrogens is 1. The summed E-state index contributed by atoms with van der Waals surface area (Å²) in [5.74, 6) is 2.81. The summed E-state index contributed by atoms with van der Waals surface area (Å²) in [5.41, 5.74) is 1.63. The van der Waals surface area contributed by atoms with Crippen molar-refractivity contribution in [1.82, 2.24) is 20.6 Å². The van der Waals surface area contributed by atoms with Crippen LogP contribution in [-0.4, -0.2) is 28.3 Å². The summed E-state index contributed by atoms with van der Waals surface area (Å²) in [6.07, 6.45) is 6.97. The molecule has 2 amide bonds. The number of carbonyl (C=O) groups is 2. The van der Waals surface area contributed by atoms with Gasteiger partial charge in [-0.1, -0.05) is 12.1 Å². The molecule has 0 radical (unpaired) electrons. The van der Waals surface area contributed by atoms with Crippen molar-refractivity contribution < 1.29 is 9.59 Å². The van der Waals surface area contributed by atoms with Crippen LogP contribution < -0.4 is 10.6 Å². The van der Waals surface area contributed by atoms with E-state index in [4.69, 9.17) is 0 Å². The SMILES string of the molecule is CC(NC(=O)CNC(=O)C12CC3CC(CC(C3)C1)C2)c1nc2ccccc2[nH]1. The van der Waals surface area contributed by atoms with E-state index in [-0.39, 0.29) is 29.8 Å². The van der Waals surface area contributed by atoms with E-state index in [1.165, 1.54) is 19.3 Å². The lowest BCUT2D eigenvalue weighted by Crippen LogP contribution is -2.54. The van der Waals surface area contributed by atoms with Crippen LogP contribution in [0.3, 0.4) is 0 Å². The van der Waals surface area contributed by atoms with Gasteiger partial charge in [0.1, 0.15) is 5.82 Å². The first kappa shape index (κ1) is 17.7. The van der Waals surface area contributed by atoms with Gasteiger partial charge in [-0.05, 0) is 75.3 Å². The highest BCUT2D eigenvalue weighted by Crippen LogP contribution is 2.60. The monoisotopic (exact) mass is 380 g/mol. The topological polar surface area (TPSA) is 86.9 Å². The molecule has 1 heterocycles. The fraction of sp³-hybridized carbons (Fsp3) is 0.591. The Bertz CT molecular complexity index is 850. The number of imidazole rings is 1.